The lowest BCUT2D eigenvalue weighted by molar-refractivity contribution is -0.880. The number of nitrogens with zero attached hydrogens (tertiary/aromatic N) is 1. The van der Waals surface area contributed by atoms with E-state index in [0.29, 0.717) is 12.0 Å². The molecule has 0 saturated carbocycles. The minimum atomic E-state index is 0.0745. The van der Waals surface area contributed by atoms with E-state index in [9.17, 15) is 5.11 Å². The fourth-order valence-electron chi connectivity index (χ4n) is 3.67. The van der Waals surface area contributed by atoms with Crippen molar-refractivity contribution in [2.24, 2.45) is 22.7 Å². The van der Waals surface area contributed by atoms with Crippen molar-refractivity contribution in [1.82, 2.24) is 0 Å². The SMILES string of the molecule is CC(C)(C)CC1C[N+](C)(C)CC1CC(C)(C)CO. The average molecular weight is 256 g/mol. The molecule has 1 rings (SSSR count). The zero-order valence-electron chi connectivity index (χ0n) is 13.6. The first kappa shape index (κ1) is 16.0. The van der Waals surface area contributed by atoms with Gasteiger partial charge in [0.15, 0.2) is 0 Å². The van der Waals surface area contributed by atoms with Crippen LogP contribution in [0.3, 0.4) is 0 Å². The summed E-state index contributed by atoms with van der Waals surface area (Å²) in [4.78, 5) is 0. The van der Waals surface area contributed by atoms with Crippen molar-refractivity contribution in [2.75, 3.05) is 33.8 Å². The predicted octanol–water partition coefficient (Wildman–Crippen LogP) is 3.15. The molecule has 2 atom stereocenters. The second-order valence-corrected chi connectivity index (χ2v) is 9.11. The number of hydrogen-bond acceptors (Lipinski definition) is 1. The second-order valence-electron chi connectivity index (χ2n) is 9.11. The maximum Gasteiger partial charge on any atom is 0.0816 e. The average Bonchev–Trinajstić information content (AvgIpc) is 2.37. The Kier molecular flexibility index (Phi) is 4.55. The first-order valence-corrected chi connectivity index (χ1v) is 7.37. The Morgan fingerprint density at radius 1 is 0.944 bits per heavy atom. The van der Waals surface area contributed by atoms with Crippen molar-refractivity contribution >= 4 is 0 Å². The van der Waals surface area contributed by atoms with Gasteiger partial charge in [-0.15, -0.1) is 0 Å². The third kappa shape index (κ3) is 4.89. The van der Waals surface area contributed by atoms with Gasteiger partial charge in [0.25, 0.3) is 0 Å². The van der Waals surface area contributed by atoms with E-state index in [4.69, 9.17) is 0 Å². The third-order valence-corrected chi connectivity index (χ3v) is 4.24. The van der Waals surface area contributed by atoms with E-state index < -0.39 is 0 Å². The van der Waals surface area contributed by atoms with Crippen LogP contribution in [0.15, 0.2) is 0 Å². The fourth-order valence-corrected chi connectivity index (χ4v) is 3.67. The molecule has 0 aromatic carbocycles. The summed E-state index contributed by atoms with van der Waals surface area (Å²) in [5.41, 5.74) is 0.488. The summed E-state index contributed by atoms with van der Waals surface area (Å²) in [5, 5.41) is 9.50. The highest BCUT2D eigenvalue weighted by Crippen LogP contribution is 2.41. The number of quaternary nitrogens is 1. The van der Waals surface area contributed by atoms with Crippen LogP contribution < -0.4 is 0 Å². The minimum absolute atomic E-state index is 0.0745. The zero-order chi connectivity index (χ0) is 14.2. The molecule has 2 heteroatoms. The molecule has 0 aliphatic carbocycles. The number of rotatable bonds is 4. The summed E-state index contributed by atoms with van der Waals surface area (Å²) in [5.74, 6) is 1.58. The molecule has 1 saturated heterocycles. The molecule has 0 aromatic heterocycles. The Bertz CT molecular complexity index is 275. The molecule has 108 valence electrons. The van der Waals surface area contributed by atoms with Crippen molar-refractivity contribution in [3.05, 3.63) is 0 Å². The molecule has 0 bridgehead atoms. The van der Waals surface area contributed by atoms with E-state index in [1.807, 2.05) is 0 Å². The van der Waals surface area contributed by atoms with Gasteiger partial charge < -0.3 is 9.59 Å². The maximum absolute atomic E-state index is 9.50. The Morgan fingerprint density at radius 3 is 1.78 bits per heavy atom. The van der Waals surface area contributed by atoms with Crippen molar-refractivity contribution < 1.29 is 9.59 Å². The molecule has 1 heterocycles. The Labute approximate surface area is 114 Å². The standard InChI is InChI=1S/C16H34NO/c1-15(2,3)8-13-10-17(6,7)11-14(13)9-16(4,5)12-18/h13-14,18H,8-12H2,1-7H3/q+1. The first-order chi connectivity index (χ1) is 7.94. The lowest BCUT2D eigenvalue weighted by Gasteiger charge is -2.30. The minimum Gasteiger partial charge on any atom is -0.396 e. The van der Waals surface area contributed by atoms with E-state index in [2.05, 4.69) is 48.7 Å². The summed E-state index contributed by atoms with van der Waals surface area (Å²) in [6.07, 6.45) is 2.47. The highest BCUT2D eigenvalue weighted by atomic mass is 16.3. The summed E-state index contributed by atoms with van der Waals surface area (Å²) >= 11 is 0. The second kappa shape index (κ2) is 5.13. The topological polar surface area (TPSA) is 20.2 Å². The van der Waals surface area contributed by atoms with Crippen LogP contribution in [-0.4, -0.2) is 43.4 Å². The highest BCUT2D eigenvalue weighted by molar-refractivity contribution is 4.84. The van der Waals surface area contributed by atoms with Crippen LogP contribution in [-0.2, 0) is 0 Å². The van der Waals surface area contributed by atoms with E-state index in [-0.39, 0.29) is 5.41 Å². The van der Waals surface area contributed by atoms with E-state index in [1.165, 1.54) is 19.5 Å². The Hall–Kier alpha value is -0.0800. The van der Waals surface area contributed by atoms with E-state index in [0.717, 1.165) is 22.7 Å². The molecule has 2 nitrogen and oxygen atoms in total. The van der Waals surface area contributed by atoms with Gasteiger partial charge >= 0.3 is 0 Å². The smallest absolute Gasteiger partial charge is 0.0816 e. The number of likely N-dealkylation sites (tertiary alicyclic amines) is 1. The zero-order valence-corrected chi connectivity index (χ0v) is 13.6. The Balaban J connectivity index is 2.74. The van der Waals surface area contributed by atoms with Gasteiger partial charge in [0.05, 0.1) is 27.2 Å². The maximum atomic E-state index is 9.50. The number of aliphatic hydroxyl groups excluding tert-OH is 1. The third-order valence-electron chi connectivity index (χ3n) is 4.24. The molecular weight excluding hydrogens is 222 g/mol. The van der Waals surface area contributed by atoms with Gasteiger partial charge in [0.1, 0.15) is 0 Å². The van der Waals surface area contributed by atoms with Gasteiger partial charge in [-0.25, -0.2) is 0 Å². The van der Waals surface area contributed by atoms with Gasteiger partial charge in [0.2, 0.25) is 0 Å². The number of aliphatic hydroxyl groups is 1. The highest BCUT2D eigenvalue weighted by Gasteiger charge is 2.43. The van der Waals surface area contributed by atoms with Gasteiger partial charge in [-0.2, -0.15) is 0 Å². The molecule has 0 radical (unpaired) electrons. The van der Waals surface area contributed by atoms with Crippen molar-refractivity contribution in [1.29, 1.82) is 0 Å². The molecular formula is C16H34NO+. The number of hydrogen-bond donors (Lipinski definition) is 1. The molecule has 1 aliphatic heterocycles. The molecule has 0 spiro atoms. The van der Waals surface area contributed by atoms with Crippen LogP contribution in [0.2, 0.25) is 0 Å². The van der Waals surface area contributed by atoms with Gasteiger partial charge in [-0.3, -0.25) is 0 Å². The summed E-state index contributed by atoms with van der Waals surface area (Å²) in [7, 11) is 4.70. The van der Waals surface area contributed by atoms with Gasteiger partial charge in [-0.1, -0.05) is 34.6 Å². The van der Waals surface area contributed by atoms with Crippen LogP contribution in [0.4, 0.5) is 0 Å². The van der Waals surface area contributed by atoms with Gasteiger partial charge in [0, 0.05) is 18.4 Å². The summed E-state index contributed by atoms with van der Waals surface area (Å²) in [6.45, 7) is 14.3. The van der Waals surface area contributed by atoms with E-state index in [1.54, 1.807) is 0 Å². The van der Waals surface area contributed by atoms with Crippen LogP contribution in [0, 0.1) is 22.7 Å². The molecule has 2 unspecified atom stereocenters. The fraction of sp³-hybridized carbons (Fsp3) is 1.00. The lowest BCUT2D eigenvalue weighted by Crippen LogP contribution is -2.37. The largest absolute Gasteiger partial charge is 0.396 e. The quantitative estimate of drug-likeness (QED) is 0.766. The first-order valence-electron chi connectivity index (χ1n) is 7.37. The van der Waals surface area contributed by atoms with Crippen LogP contribution in [0.5, 0.6) is 0 Å². The van der Waals surface area contributed by atoms with Gasteiger partial charge in [-0.05, 0) is 23.7 Å². The molecule has 1 fully saturated rings. The lowest BCUT2D eigenvalue weighted by atomic mass is 9.74. The summed E-state index contributed by atoms with van der Waals surface area (Å²) < 4.78 is 1.15. The Morgan fingerprint density at radius 2 is 1.39 bits per heavy atom. The summed E-state index contributed by atoms with van der Waals surface area (Å²) in [6, 6.07) is 0. The van der Waals surface area contributed by atoms with Crippen molar-refractivity contribution in [3.8, 4) is 0 Å². The van der Waals surface area contributed by atoms with Crippen LogP contribution in [0.25, 0.3) is 0 Å². The van der Waals surface area contributed by atoms with Crippen LogP contribution >= 0.6 is 0 Å². The predicted molar refractivity (Wildman–Crippen MR) is 78.4 cm³/mol. The van der Waals surface area contributed by atoms with Crippen molar-refractivity contribution in [3.63, 3.8) is 0 Å². The van der Waals surface area contributed by atoms with E-state index >= 15 is 0 Å². The van der Waals surface area contributed by atoms with Crippen LogP contribution in [0.1, 0.15) is 47.5 Å². The normalized spacial score (nSPS) is 28.7. The van der Waals surface area contributed by atoms with Crippen molar-refractivity contribution in [2.45, 2.75) is 47.5 Å². The molecule has 1 aliphatic rings. The molecule has 0 aromatic rings. The molecule has 18 heavy (non-hydrogen) atoms. The monoisotopic (exact) mass is 256 g/mol. The molecule has 1 N–H and O–H groups in total. The molecule has 0 amide bonds.